The molecule has 1 amide bonds. The second-order valence-corrected chi connectivity index (χ2v) is 9.38. The molecule has 0 unspecified atom stereocenters. The van der Waals surface area contributed by atoms with E-state index in [4.69, 9.17) is 18.9 Å². The van der Waals surface area contributed by atoms with Gasteiger partial charge in [0.05, 0.1) is 39.6 Å². The normalized spacial score (nSPS) is 21.0. The van der Waals surface area contributed by atoms with Crippen LogP contribution in [0.5, 0.6) is 11.5 Å². The van der Waals surface area contributed by atoms with Gasteiger partial charge in [-0.1, -0.05) is 37.3 Å². The Morgan fingerprint density at radius 1 is 1.06 bits per heavy atom. The van der Waals surface area contributed by atoms with E-state index in [1.807, 2.05) is 19.1 Å². The van der Waals surface area contributed by atoms with E-state index >= 15 is 0 Å². The summed E-state index contributed by atoms with van der Waals surface area (Å²) in [5.74, 6) is 1.69. The number of benzene rings is 2. The van der Waals surface area contributed by atoms with E-state index in [0.717, 1.165) is 49.5 Å². The topological polar surface area (TPSA) is 69.3 Å². The smallest absolute Gasteiger partial charge is 0.220 e. The molecule has 7 nitrogen and oxygen atoms in total. The Balaban J connectivity index is 1.57. The summed E-state index contributed by atoms with van der Waals surface area (Å²) in [7, 11) is 5.05. The van der Waals surface area contributed by atoms with E-state index in [2.05, 4.69) is 40.5 Å². The molecule has 0 radical (unpaired) electrons. The largest absolute Gasteiger partial charge is 0.497 e. The van der Waals surface area contributed by atoms with Crippen LogP contribution in [0, 0.1) is 0 Å². The number of hydrogen-bond donors (Lipinski definition) is 1. The Labute approximate surface area is 208 Å². The number of fused-ring (bicyclic) bond motifs is 2. The average Bonchev–Trinajstić information content (AvgIpc) is 3.14. The predicted molar refractivity (Wildman–Crippen MR) is 135 cm³/mol. The molecule has 0 saturated carbocycles. The highest BCUT2D eigenvalue weighted by atomic mass is 16.5. The minimum absolute atomic E-state index is 0.0474. The fraction of sp³-hybridized carbons (Fsp3) is 0.536. The third-order valence-electron chi connectivity index (χ3n) is 7.54. The summed E-state index contributed by atoms with van der Waals surface area (Å²) in [5, 5.41) is 3.26. The molecule has 1 N–H and O–H groups in total. The van der Waals surface area contributed by atoms with Crippen LogP contribution >= 0.6 is 0 Å². The Kier molecular flexibility index (Phi) is 8.31. The quantitative estimate of drug-likeness (QED) is 0.519. The summed E-state index contributed by atoms with van der Waals surface area (Å²) >= 11 is 0. The molecule has 35 heavy (non-hydrogen) atoms. The number of methoxy groups -OCH3 is 3. The van der Waals surface area contributed by atoms with Gasteiger partial charge in [0.25, 0.3) is 0 Å². The summed E-state index contributed by atoms with van der Waals surface area (Å²) < 4.78 is 22.7. The number of ether oxygens (including phenoxy) is 4. The lowest BCUT2D eigenvalue weighted by Gasteiger charge is -2.44. The molecule has 2 aromatic rings. The number of nitrogens with one attached hydrogen (secondary N) is 1. The van der Waals surface area contributed by atoms with Crippen molar-refractivity contribution in [1.82, 2.24) is 10.2 Å². The number of rotatable bonds is 10. The molecule has 0 aromatic heterocycles. The molecule has 190 valence electrons. The summed E-state index contributed by atoms with van der Waals surface area (Å²) in [6, 6.07) is 14.4. The minimum Gasteiger partial charge on any atom is -0.497 e. The van der Waals surface area contributed by atoms with E-state index in [9.17, 15) is 4.79 Å². The number of amides is 1. The van der Waals surface area contributed by atoms with Crippen molar-refractivity contribution >= 4 is 5.91 Å². The molecule has 2 atom stereocenters. The highest BCUT2D eigenvalue weighted by Gasteiger charge is 2.54. The maximum atomic E-state index is 12.5. The van der Waals surface area contributed by atoms with Crippen LogP contribution < -0.4 is 14.8 Å². The first-order valence-corrected chi connectivity index (χ1v) is 12.5. The zero-order valence-corrected chi connectivity index (χ0v) is 21.3. The Hall–Kier alpha value is -2.61. The van der Waals surface area contributed by atoms with Gasteiger partial charge in [-0.05, 0) is 43.1 Å². The van der Waals surface area contributed by atoms with Crippen molar-refractivity contribution in [2.75, 3.05) is 47.6 Å². The fourth-order valence-electron chi connectivity index (χ4n) is 5.69. The van der Waals surface area contributed by atoms with Crippen molar-refractivity contribution in [1.29, 1.82) is 0 Å². The van der Waals surface area contributed by atoms with Crippen LogP contribution in [0.25, 0.3) is 0 Å². The lowest BCUT2D eigenvalue weighted by Crippen LogP contribution is -2.51. The van der Waals surface area contributed by atoms with E-state index in [1.165, 1.54) is 11.1 Å². The van der Waals surface area contributed by atoms with Crippen molar-refractivity contribution in [2.45, 2.75) is 50.3 Å². The monoisotopic (exact) mass is 482 g/mol. The Bertz CT molecular complexity index is 1000. The average molecular weight is 483 g/mol. The third kappa shape index (κ3) is 5.17. The fourth-order valence-corrected chi connectivity index (χ4v) is 5.69. The molecule has 1 fully saturated rings. The summed E-state index contributed by atoms with van der Waals surface area (Å²) in [6.45, 7) is 5.60. The van der Waals surface area contributed by atoms with E-state index in [0.29, 0.717) is 19.6 Å². The zero-order valence-electron chi connectivity index (χ0n) is 21.3. The molecular formula is C28H38N2O5. The van der Waals surface area contributed by atoms with Crippen LogP contribution in [0.2, 0.25) is 0 Å². The molecule has 4 rings (SSSR count). The zero-order chi connectivity index (χ0) is 24.8. The Morgan fingerprint density at radius 2 is 1.83 bits per heavy atom. The van der Waals surface area contributed by atoms with Gasteiger partial charge >= 0.3 is 0 Å². The van der Waals surface area contributed by atoms with Gasteiger partial charge in [-0.15, -0.1) is 0 Å². The van der Waals surface area contributed by atoms with E-state index in [-0.39, 0.29) is 23.5 Å². The lowest BCUT2D eigenvalue weighted by molar-refractivity contribution is -0.124. The van der Waals surface area contributed by atoms with Crippen LogP contribution in [-0.2, 0) is 26.2 Å². The first-order chi connectivity index (χ1) is 17.1. The van der Waals surface area contributed by atoms with Crippen molar-refractivity contribution in [3.8, 4) is 11.5 Å². The summed E-state index contributed by atoms with van der Waals surface area (Å²) in [4.78, 5) is 14.9. The van der Waals surface area contributed by atoms with Crippen LogP contribution in [0.1, 0.15) is 48.9 Å². The van der Waals surface area contributed by atoms with Crippen molar-refractivity contribution in [3.05, 3.63) is 59.2 Å². The van der Waals surface area contributed by atoms with Gasteiger partial charge in [0.2, 0.25) is 5.91 Å². The second kappa shape index (κ2) is 11.4. The number of piperidine rings is 1. The van der Waals surface area contributed by atoms with Crippen molar-refractivity contribution in [2.24, 2.45) is 0 Å². The van der Waals surface area contributed by atoms with Gasteiger partial charge in [-0.3, -0.25) is 9.69 Å². The highest BCUT2D eigenvalue weighted by molar-refractivity contribution is 5.76. The first-order valence-electron chi connectivity index (χ1n) is 12.5. The van der Waals surface area contributed by atoms with Gasteiger partial charge in [0.1, 0.15) is 11.5 Å². The predicted octanol–water partition coefficient (Wildman–Crippen LogP) is 3.85. The summed E-state index contributed by atoms with van der Waals surface area (Å²) in [5.41, 5.74) is 3.50. The van der Waals surface area contributed by atoms with Gasteiger partial charge in [0, 0.05) is 37.1 Å². The number of hydrogen-bond acceptors (Lipinski definition) is 6. The van der Waals surface area contributed by atoms with Gasteiger partial charge < -0.3 is 24.3 Å². The van der Waals surface area contributed by atoms with Crippen molar-refractivity contribution < 1.29 is 23.7 Å². The van der Waals surface area contributed by atoms with E-state index < -0.39 is 0 Å². The van der Waals surface area contributed by atoms with Gasteiger partial charge in [0.15, 0.2) is 0 Å². The lowest BCUT2D eigenvalue weighted by atomic mass is 9.71. The van der Waals surface area contributed by atoms with E-state index in [1.54, 1.807) is 21.3 Å². The number of carbonyl (C=O) groups is 1. The highest BCUT2D eigenvalue weighted by Crippen LogP contribution is 2.52. The molecule has 2 aromatic carbocycles. The molecule has 1 heterocycles. The second-order valence-electron chi connectivity index (χ2n) is 9.38. The molecule has 1 spiro atoms. The standard InChI is InChI=1S/C28H38N2O5/c1-5-25(31)29-26-22-8-6-7-9-23(22)28(27(26)35-17-16-32-2)12-14-30(15-13-28)19-20-10-11-21(33-3)18-24(20)34-4/h6-11,18,26-27H,5,12-17,19H2,1-4H3,(H,29,31)/t26-,27+/m1/s1. The molecular weight excluding hydrogens is 444 g/mol. The number of likely N-dealkylation sites (tertiary alicyclic amines) is 1. The third-order valence-corrected chi connectivity index (χ3v) is 7.54. The SMILES string of the molecule is CCC(=O)N[C@@H]1c2ccccc2C2(CCN(Cc3ccc(OC)cc3OC)CC2)[C@H]1OCCOC. The van der Waals surface area contributed by atoms with Gasteiger partial charge in [-0.25, -0.2) is 0 Å². The molecule has 0 bridgehead atoms. The van der Waals surface area contributed by atoms with Crippen LogP contribution in [0.15, 0.2) is 42.5 Å². The maximum Gasteiger partial charge on any atom is 0.220 e. The van der Waals surface area contributed by atoms with Crippen LogP contribution in [0.3, 0.4) is 0 Å². The molecule has 1 saturated heterocycles. The molecule has 7 heteroatoms. The number of nitrogens with zero attached hydrogens (tertiary/aromatic N) is 1. The van der Waals surface area contributed by atoms with Crippen LogP contribution in [-0.4, -0.2) is 64.5 Å². The van der Waals surface area contributed by atoms with Gasteiger partial charge in [-0.2, -0.15) is 0 Å². The maximum absolute atomic E-state index is 12.5. The first kappa shape index (κ1) is 25.5. The minimum atomic E-state index is -0.149. The molecule has 1 aliphatic heterocycles. The molecule has 2 aliphatic rings. The summed E-state index contributed by atoms with van der Waals surface area (Å²) in [6.07, 6.45) is 2.24. The number of carbonyl (C=O) groups excluding carboxylic acids is 1. The van der Waals surface area contributed by atoms with Crippen molar-refractivity contribution in [3.63, 3.8) is 0 Å². The Morgan fingerprint density at radius 3 is 2.51 bits per heavy atom. The van der Waals surface area contributed by atoms with Crippen LogP contribution in [0.4, 0.5) is 0 Å². The molecule has 1 aliphatic carbocycles.